The van der Waals surface area contributed by atoms with Gasteiger partial charge in [-0.15, -0.1) is 0 Å². The van der Waals surface area contributed by atoms with Crippen molar-refractivity contribution in [1.29, 1.82) is 0 Å². The Morgan fingerprint density at radius 3 is 2.40 bits per heavy atom. The Kier molecular flexibility index (Phi) is 4.49. The number of benzene rings is 1. The van der Waals surface area contributed by atoms with Crippen molar-refractivity contribution < 1.29 is 14.4 Å². The molecule has 20 heavy (non-hydrogen) atoms. The van der Waals surface area contributed by atoms with Crippen molar-refractivity contribution in [3.8, 4) is 0 Å². The summed E-state index contributed by atoms with van der Waals surface area (Å²) in [5.74, 6) is -0.574. The number of halogens is 1. The van der Waals surface area contributed by atoms with Crippen LogP contribution in [0.1, 0.15) is 24.2 Å². The first-order valence-electron chi connectivity index (χ1n) is 5.93. The number of carbonyl (C=O) groups excluding carboxylic acids is 2. The molecule has 0 bridgehead atoms. The van der Waals surface area contributed by atoms with Crippen molar-refractivity contribution >= 4 is 40.1 Å². The normalized spacial score (nSPS) is 16.8. The van der Waals surface area contributed by atoms with E-state index in [0.29, 0.717) is 22.4 Å². The number of hydrogen-bond acceptors (Lipinski definition) is 4. The summed E-state index contributed by atoms with van der Waals surface area (Å²) in [6.07, 6.45) is 3.09. The van der Waals surface area contributed by atoms with Crippen molar-refractivity contribution in [2.75, 3.05) is 0 Å². The molecule has 0 N–H and O–H groups in total. The van der Waals surface area contributed by atoms with Gasteiger partial charge in [-0.1, -0.05) is 5.16 Å². The molecular weight excluding hydrogens is 369 g/mol. The number of hydrogen-bond donors (Lipinski definition) is 0. The summed E-state index contributed by atoms with van der Waals surface area (Å²) < 4.78 is 1.04. The first-order chi connectivity index (χ1) is 9.47. The van der Waals surface area contributed by atoms with Crippen LogP contribution in [0.4, 0.5) is 0 Å². The third-order valence-electron chi connectivity index (χ3n) is 2.80. The SMILES string of the molecule is CC1=CC(=NOC(=O)c2ccc(I)cc2)C(C)=CC1=O. The molecule has 0 aliphatic heterocycles. The summed E-state index contributed by atoms with van der Waals surface area (Å²) in [7, 11) is 0. The van der Waals surface area contributed by atoms with Gasteiger partial charge in [-0.3, -0.25) is 4.79 Å². The van der Waals surface area contributed by atoms with Gasteiger partial charge >= 0.3 is 5.97 Å². The number of rotatable bonds is 2. The molecule has 1 aromatic carbocycles. The van der Waals surface area contributed by atoms with Gasteiger partial charge in [0.05, 0.1) is 5.56 Å². The second-order valence-electron chi connectivity index (χ2n) is 4.38. The maximum Gasteiger partial charge on any atom is 0.365 e. The third kappa shape index (κ3) is 3.41. The van der Waals surface area contributed by atoms with Gasteiger partial charge in [0, 0.05) is 3.57 Å². The molecule has 0 amide bonds. The minimum atomic E-state index is -0.523. The van der Waals surface area contributed by atoms with Crippen molar-refractivity contribution in [3.05, 3.63) is 56.7 Å². The Morgan fingerprint density at radius 2 is 1.75 bits per heavy atom. The minimum Gasteiger partial charge on any atom is -0.312 e. The van der Waals surface area contributed by atoms with Crippen LogP contribution in [-0.4, -0.2) is 17.5 Å². The van der Waals surface area contributed by atoms with Crippen molar-refractivity contribution in [2.24, 2.45) is 5.16 Å². The Balaban J connectivity index is 2.13. The largest absolute Gasteiger partial charge is 0.365 e. The first kappa shape index (κ1) is 14.6. The van der Waals surface area contributed by atoms with E-state index in [1.54, 1.807) is 32.1 Å². The average molecular weight is 381 g/mol. The van der Waals surface area contributed by atoms with Gasteiger partial charge in [0.2, 0.25) is 0 Å². The van der Waals surface area contributed by atoms with Gasteiger partial charge in [0.15, 0.2) is 5.78 Å². The molecular formula is C15H12INO3. The molecule has 0 saturated heterocycles. The molecule has 0 heterocycles. The predicted molar refractivity (Wildman–Crippen MR) is 84.5 cm³/mol. The predicted octanol–water partition coefficient (Wildman–Crippen LogP) is 3.28. The highest BCUT2D eigenvalue weighted by Gasteiger charge is 2.14. The van der Waals surface area contributed by atoms with E-state index in [1.165, 1.54) is 6.08 Å². The van der Waals surface area contributed by atoms with Crippen LogP contribution in [0.25, 0.3) is 0 Å². The van der Waals surface area contributed by atoms with Gasteiger partial charge in [-0.05, 0) is 84.0 Å². The quantitative estimate of drug-likeness (QED) is 0.342. The smallest absolute Gasteiger partial charge is 0.312 e. The Labute approximate surface area is 130 Å². The lowest BCUT2D eigenvalue weighted by molar-refractivity contribution is -0.111. The van der Waals surface area contributed by atoms with Gasteiger partial charge in [-0.2, -0.15) is 0 Å². The van der Waals surface area contributed by atoms with E-state index < -0.39 is 5.97 Å². The number of carbonyl (C=O) groups is 2. The summed E-state index contributed by atoms with van der Waals surface area (Å²) in [6.45, 7) is 3.44. The standard InChI is InChI=1S/C15H12INO3/c1-9-8-14(18)10(2)7-13(9)17-20-15(19)11-3-5-12(16)6-4-11/h3-8H,1-2H3. The summed E-state index contributed by atoms with van der Waals surface area (Å²) in [5, 5.41) is 3.82. The second-order valence-corrected chi connectivity index (χ2v) is 5.63. The highest BCUT2D eigenvalue weighted by molar-refractivity contribution is 14.1. The van der Waals surface area contributed by atoms with E-state index in [4.69, 9.17) is 4.84 Å². The Morgan fingerprint density at radius 1 is 1.10 bits per heavy atom. The molecule has 1 aromatic rings. The lowest BCUT2D eigenvalue weighted by atomic mass is 9.99. The minimum absolute atomic E-state index is 0.0505. The molecule has 0 atom stereocenters. The lowest BCUT2D eigenvalue weighted by Gasteiger charge is -2.08. The molecule has 0 fully saturated rings. The molecule has 1 aliphatic rings. The Bertz CT molecular complexity index is 654. The number of ketones is 1. The van der Waals surface area contributed by atoms with Gasteiger partial charge < -0.3 is 4.84 Å². The average Bonchev–Trinajstić information content (AvgIpc) is 2.42. The molecule has 0 unspecified atom stereocenters. The molecule has 5 heteroatoms. The van der Waals surface area contributed by atoms with Gasteiger partial charge in [0.25, 0.3) is 0 Å². The van der Waals surface area contributed by atoms with Crippen LogP contribution in [0.3, 0.4) is 0 Å². The molecule has 1 aliphatic carbocycles. The van der Waals surface area contributed by atoms with Crippen LogP contribution in [0.5, 0.6) is 0 Å². The monoisotopic (exact) mass is 381 g/mol. The van der Waals surface area contributed by atoms with Crippen molar-refractivity contribution in [2.45, 2.75) is 13.8 Å². The van der Waals surface area contributed by atoms with Crippen LogP contribution in [-0.2, 0) is 9.63 Å². The van der Waals surface area contributed by atoms with E-state index in [9.17, 15) is 9.59 Å². The van der Waals surface area contributed by atoms with Crippen molar-refractivity contribution in [3.63, 3.8) is 0 Å². The summed E-state index contributed by atoms with van der Waals surface area (Å²) in [5.41, 5.74) is 2.17. The zero-order chi connectivity index (χ0) is 14.7. The van der Waals surface area contributed by atoms with E-state index in [0.717, 1.165) is 3.57 Å². The summed E-state index contributed by atoms with van der Waals surface area (Å²) in [4.78, 5) is 28.2. The van der Waals surface area contributed by atoms with E-state index >= 15 is 0 Å². The first-order valence-corrected chi connectivity index (χ1v) is 7.01. The third-order valence-corrected chi connectivity index (χ3v) is 3.52. The molecule has 2 rings (SSSR count). The van der Waals surface area contributed by atoms with Crippen LogP contribution in [0.2, 0.25) is 0 Å². The highest BCUT2D eigenvalue weighted by atomic mass is 127. The molecule has 0 saturated carbocycles. The van der Waals surface area contributed by atoms with Gasteiger partial charge in [-0.25, -0.2) is 4.79 Å². The lowest BCUT2D eigenvalue weighted by Crippen LogP contribution is -2.11. The molecule has 0 aromatic heterocycles. The fourth-order valence-electron chi connectivity index (χ4n) is 1.60. The van der Waals surface area contributed by atoms with Crippen LogP contribution in [0.15, 0.2) is 52.7 Å². The number of oxime groups is 1. The van der Waals surface area contributed by atoms with E-state index in [2.05, 4.69) is 27.7 Å². The zero-order valence-corrected chi connectivity index (χ0v) is 13.2. The molecule has 102 valence electrons. The maximum absolute atomic E-state index is 11.8. The Hall–Kier alpha value is -1.76. The second kappa shape index (κ2) is 6.13. The highest BCUT2D eigenvalue weighted by Crippen LogP contribution is 2.13. The summed E-state index contributed by atoms with van der Waals surface area (Å²) >= 11 is 2.16. The van der Waals surface area contributed by atoms with Gasteiger partial charge in [0.1, 0.15) is 5.71 Å². The van der Waals surface area contributed by atoms with Crippen molar-refractivity contribution in [1.82, 2.24) is 0 Å². The summed E-state index contributed by atoms with van der Waals surface area (Å²) in [6, 6.07) is 6.99. The van der Waals surface area contributed by atoms with E-state index in [1.807, 2.05) is 12.1 Å². The fraction of sp³-hybridized carbons (Fsp3) is 0.133. The molecule has 0 spiro atoms. The fourth-order valence-corrected chi connectivity index (χ4v) is 1.96. The number of nitrogens with zero attached hydrogens (tertiary/aromatic N) is 1. The van der Waals surface area contributed by atoms with Crippen LogP contribution >= 0.6 is 22.6 Å². The van der Waals surface area contributed by atoms with Crippen LogP contribution in [0, 0.1) is 3.57 Å². The molecule has 0 radical (unpaired) electrons. The van der Waals surface area contributed by atoms with Crippen LogP contribution < -0.4 is 0 Å². The molecule has 4 nitrogen and oxygen atoms in total. The van der Waals surface area contributed by atoms with E-state index in [-0.39, 0.29) is 5.78 Å². The topological polar surface area (TPSA) is 55.7 Å². The zero-order valence-electron chi connectivity index (χ0n) is 11.0. The number of allylic oxidation sites excluding steroid dienone is 4. The maximum atomic E-state index is 11.8.